The van der Waals surface area contributed by atoms with Crippen molar-refractivity contribution in [3.8, 4) is 0 Å². The van der Waals surface area contributed by atoms with Gasteiger partial charge in [-0.05, 0) is 73.8 Å². The summed E-state index contributed by atoms with van der Waals surface area (Å²) < 4.78 is 2.30. The van der Waals surface area contributed by atoms with Crippen LogP contribution in [0.25, 0.3) is 0 Å². The number of anilines is 1. The summed E-state index contributed by atoms with van der Waals surface area (Å²) in [5.74, 6) is 0. The molecule has 0 amide bonds. The van der Waals surface area contributed by atoms with Crippen molar-refractivity contribution in [1.82, 2.24) is 0 Å². The SMILES string of the molecule is Cc1cc(C)c(NCc2cscc2Br)c(Br)c1. The first kappa shape index (κ1) is 13.1. The fourth-order valence-electron chi connectivity index (χ4n) is 1.76. The molecule has 4 heteroatoms. The van der Waals surface area contributed by atoms with Crippen LogP contribution in [-0.2, 0) is 6.54 Å². The van der Waals surface area contributed by atoms with Crippen molar-refractivity contribution >= 4 is 48.9 Å². The monoisotopic (exact) mass is 373 g/mol. The molecule has 17 heavy (non-hydrogen) atoms. The topological polar surface area (TPSA) is 12.0 Å². The van der Waals surface area contributed by atoms with Crippen molar-refractivity contribution < 1.29 is 0 Å². The lowest BCUT2D eigenvalue weighted by molar-refractivity contribution is 1.14. The minimum Gasteiger partial charge on any atom is -0.380 e. The number of halogens is 2. The smallest absolute Gasteiger partial charge is 0.0517 e. The summed E-state index contributed by atoms with van der Waals surface area (Å²) in [4.78, 5) is 0. The van der Waals surface area contributed by atoms with Crippen LogP contribution in [0, 0.1) is 13.8 Å². The van der Waals surface area contributed by atoms with Gasteiger partial charge in [0.1, 0.15) is 0 Å². The van der Waals surface area contributed by atoms with Crippen LogP contribution in [-0.4, -0.2) is 0 Å². The summed E-state index contributed by atoms with van der Waals surface area (Å²) in [5.41, 5.74) is 5.01. The third-order valence-electron chi connectivity index (χ3n) is 2.58. The van der Waals surface area contributed by atoms with Gasteiger partial charge in [0.2, 0.25) is 0 Å². The maximum Gasteiger partial charge on any atom is 0.0517 e. The summed E-state index contributed by atoms with van der Waals surface area (Å²) in [6.07, 6.45) is 0. The third kappa shape index (κ3) is 3.12. The number of hydrogen-bond acceptors (Lipinski definition) is 2. The second kappa shape index (κ2) is 5.55. The van der Waals surface area contributed by atoms with E-state index in [9.17, 15) is 0 Å². The predicted molar refractivity (Wildman–Crippen MR) is 83.0 cm³/mol. The zero-order valence-corrected chi connectivity index (χ0v) is 13.7. The molecule has 0 bridgehead atoms. The first-order valence-electron chi connectivity index (χ1n) is 5.29. The Labute approximate surface area is 123 Å². The maximum absolute atomic E-state index is 3.61. The number of hydrogen-bond donors (Lipinski definition) is 1. The number of benzene rings is 1. The Bertz CT molecular complexity index is 511. The molecular formula is C13H13Br2NS. The van der Waals surface area contributed by atoms with Gasteiger partial charge in [-0.25, -0.2) is 0 Å². The quantitative estimate of drug-likeness (QED) is 0.747. The summed E-state index contributed by atoms with van der Waals surface area (Å²) in [5, 5.41) is 7.75. The van der Waals surface area contributed by atoms with E-state index in [4.69, 9.17) is 0 Å². The van der Waals surface area contributed by atoms with Crippen LogP contribution in [0.4, 0.5) is 5.69 Å². The minimum atomic E-state index is 0.840. The molecule has 0 saturated carbocycles. The van der Waals surface area contributed by atoms with Gasteiger partial charge in [-0.3, -0.25) is 0 Å². The van der Waals surface area contributed by atoms with Gasteiger partial charge in [-0.1, -0.05) is 6.07 Å². The maximum atomic E-state index is 3.61. The molecule has 0 saturated heterocycles. The molecule has 0 aliphatic rings. The number of rotatable bonds is 3. The Kier molecular flexibility index (Phi) is 4.28. The average molecular weight is 375 g/mol. The van der Waals surface area contributed by atoms with Gasteiger partial charge in [-0.2, -0.15) is 11.3 Å². The van der Waals surface area contributed by atoms with E-state index >= 15 is 0 Å². The molecule has 0 atom stereocenters. The van der Waals surface area contributed by atoms with E-state index in [1.807, 2.05) is 0 Å². The molecule has 1 nitrogen and oxygen atoms in total. The fraction of sp³-hybridized carbons (Fsp3) is 0.231. The summed E-state index contributed by atoms with van der Waals surface area (Å²) >= 11 is 8.87. The molecule has 2 rings (SSSR count). The number of nitrogens with one attached hydrogen (secondary N) is 1. The van der Waals surface area contributed by atoms with Gasteiger partial charge in [-0.15, -0.1) is 0 Å². The molecule has 0 unspecified atom stereocenters. The fourth-order valence-corrected chi connectivity index (χ4v) is 4.01. The first-order chi connectivity index (χ1) is 8.08. The van der Waals surface area contributed by atoms with Crippen molar-refractivity contribution in [2.24, 2.45) is 0 Å². The molecule has 0 aliphatic carbocycles. The van der Waals surface area contributed by atoms with Gasteiger partial charge in [0.25, 0.3) is 0 Å². The summed E-state index contributed by atoms with van der Waals surface area (Å²) in [7, 11) is 0. The Morgan fingerprint density at radius 3 is 2.47 bits per heavy atom. The largest absolute Gasteiger partial charge is 0.380 e. The van der Waals surface area contributed by atoms with Crippen LogP contribution in [0.15, 0.2) is 31.8 Å². The lowest BCUT2D eigenvalue weighted by atomic mass is 10.1. The van der Waals surface area contributed by atoms with Crippen LogP contribution in [0.1, 0.15) is 16.7 Å². The van der Waals surface area contributed by atoms with E-state index in [0.29, 0.717) is 0 Å². The van der Waals surface area contributed by atoms with E-state index in [1.165, 1.54) is 26.9 Å². The predicted octanol–water partition coefficient (Wildman–Crippen LogP) is 5.50. The van der Waals surface area contributed by atoms with Crippen molar-refractivity contribution in [2.75, 3.05) is 5.32 Å². The van der Waals surface area contributed by atoms with Crippen LogP contribution < -0.4 is 5.32 Å². The molecule has 1 N–H and O–H groups in total. The van der Waals surface area contributed by atoms with Crippen LogP contribution >= 0.6 is 43.2 Å². The van der Waals surface area contributed by atoms with Crippen molar-refractivity contribution in [3.05, 3.63) is 48.5 Å². The second-order valence-electron chi connectivity index (χ2n) is 4.04. The summed E-state index contributed by atoms with van der Waals surface area (Å²) in [6, 6.07) is 4.33. The van der Waals surface area contributed by atoms with Gasteiger partial charge in [0.15, 0.2) is 0 Å². The highest BCUT2D eigenvalue weighted by molar-refractivity contribution is 9.11. The highest BCUT2D eigenvalue weighted by Crippen LogP contribution is 2.29. The highest BCUT2D eigenvalue weighted by atomic mass is 79.9. The minimum absolute atomic E-state index is 0.840. The van der Waals surface area contributed by atoms with E-state index in [1.54, 1.807) is 11.3 Å². The Balaban J connectivity index is 2.17. The lowest BCUT2D eigenvalue weighted by Gasteiger charge is -2.12. The number of thiophene rings is 1. The van der Waals surface area contributed by atoms with E-state index in [2.05, 4.69) is 73.9 Å². The van der Waals surface area contributed by atoms with Gasteiger partial charge in [0, 0.05) is 20.9 Å². The molecule has 1 aromatic carbocycles. The van der Waals surface area contributed by atoms with Crippen LogP contribution in [0.3, 0.4) is 0 Å². The molecule has 0 radical (unpaired) electrons. The van der Waals surface area contributed by atoms with E-state index < -0.39 is 0 Å². The van der Waals surface area contributed by atoms with Gasteiger partial charge < -0.3 is 5.32 Å². The van der Waals surface area contributed by atoms with Crippen LogP contribution in [0.2, 0.25) is 0 Å². The van der Waals surface area contributed by atoms with Crippen LogP contribution in [0.5, 0.6) is 0 Å². The first-order valence-corrected chi connectivity index (χ1v) is 7.82. The Morgan fingerprint density at radius 1 is 1.12 bits per heavy atom. The van der Waals surface area contributed by atoms with Crippen molar-refractivity contribution in [3.63, 3.8) is 0 Å². The molecule has 2 aromatic rings. The molecule has 1 heterocycles. The van der Waals surface area contributed by atoms with Gasteiger partial charge >= 0.3 is 0 Å². The second-order valence-corrected chi connectivity index (χ2v) is 6.49. The zero-order chi connectivity index (χ0) is 12.4. The average Bonchev–Trinajstić information content (AvgIpc) is 2.62. The van der Waals surface area contributed by atoms with E-state index in [0.717, 1.165) is 11.0 Å². The van der Waals surface area contributed by atoms with Gasteiger partial charge in [0.05, 0.1) is 5.69 Å². The molecule has 0 aliphatic heterocycles. The Morgan fingerprint density at radius 2 is 1.88 bits per heavy atom. The summed E-state index contributed by atoms with van der Waals surface area (Å²) in [6.45, 7) is 5.08. The van der Waals surface area contributed by atoms with E-state index in [-0.39, 0.29) is 0 Å². The highest BCUT2D eigenvalue weighted by Gasteiger charge is 2.06. The molecule has 0 fully saturated rings. The number of aryl methyl sites for hydroxylation is 2. The zero-order valence-electron chi connectivity index (χ0n) is 9.68. The molecule has 1 aromatic heterocycles. The molecule has 0 spiro atoms. The van der Waals surface area contributed by atoms with Crippen molar-refractivity contribution in [1.29, 1.82) is 0 Å². The Hall–Kier alpha value is -0.320. The van der Waals surface area contributed by atoms with Crippen molar-refractivity contribution in [2.45, 2.75) is 20.4 Å². The normalized spacial score (nSPS) is 10.6. The molecular weight excluding hydrogens is 362 g/mol. The molecule has 90 valence electrons. The lowest BCUT2D eigenvalue weighted by Crippen LogP contribution is -2.01. The third-order valence-corrected chi connectivity index (χ3v) is 5.03. The standard InChI is InChI=1S/C13H13Br2NS/c1-8-3-9(2)13(11(14)4-8)16-5-10-6-17-7-12(10)15/h3-4,6-7,16H,5H2,1-2H3.